The van der Waals surface area contributed by atoms with Crippen molar-refractivity contribution in [2.75, 3.05) is 18.5 Å². The number of aliphatic imine (C=N–C) groups is 1. The van der Waals surface area contributed by atoms with Gasteiger partial charge in [0.25, 0.3) is 0 Å². The number of nitrogens with zero attached hydrogens (tertiary/aromatic N) is 1. The minimum atomic E-state index is -0.423. The minimum absolute atomic E-state index is 0.120. The van der Waals surface area contributed by atoms with E-state index in [9.17, 15) is 9.59 Å². The Balaban J connectivity index is 1.86. The van der Waals surface area contributed by atoms with Gasteiger partial charge in [0, 0.05) is 18.7 Å². The number of hydrogen-bond acceptors (Lipinski definition) is 5. The minimum Gasteiger partial charge on any atom is -0.494 e. The second-order valence-corrected chi connectivity index (χ2v) is 6.18. The number of amidine groups is 1. The average molecular weight is 335 g/mol. The molecule has 0 saturated carbocycles. The number of carbonyl (C=O) groups is 2. The lowest BCUT2D eigenvalue weighted by Crippen LogP contribution is -2.28. The monoisotopic (exact) mass is 335 g/mol. The van der Waals surface area contributed by atoms with Gasteiger partial charge in [0.15, 0.2) is 5.17 Å². The van der Waals surface area contributed by atoms with Gasteiger partial charge in [-0.2, -0.15) is 0 Å². The maximum Gasteiger partial charge on any atom is 0.240 e. The second-order valence-electron chi connectivity index (χ2n) is 4.99. The first kappa shape index (κ1) is 17.3. The zero-order valence-electron chi connectivity index (χ0n) is 13.3. The summed E-state index contributed by atoms with van der Waals surface area (Å²) < 4.78 is 5.35. The van der Waals surface area contributed by atoms with Crippen molar-refractivity contribution < 1.29 is 14.3 Å². The number of anilines is 1. The first-order valence-electron chi connectivity index (χ1n) is 7.67. The molecule has 1 aliphatic heterocycles. The van der Waals surface area contributed by atoms with E-state index in [0.29, 0.717) is 24.0 Å². The van der Waals surface area contributed by atoms with Crippen LogP contribution in [0.3, 0.4) is 0 Å². The van der Waals surface area contributed by atoms with E-state index in [4.69, 9.17) is 4.74 Å². The molecule has 124 valence electrons. The van der Waals surface area contributed by atoms with E-state index in [1.165, 1.54) is 11.8 Å². The molecule has 2 rings (SSSR count). The van der Waals surface area contributed by atoms with E-state index in [1.54, 1.807) is 24.3 Å². The van der Waals surface area contributed by atoms with E-state index in [2.05, 4.69) is 15.6 Å². The Morgan fingerprint density at radius 1 is 1.35 bits per heavy atom. The normalized spacial score (nSPS) is 18.8. The highest BCUT2D eigenvalue weighted by molar-refractivity contribution is 8.15. The van der Waals surface area contributed by atoms with Gasteiger partial charge in [-0.15, -0.1) is 0 Å². The molecule has 1 aliphatic rings. The van der Waals surface area contributed by atoms with E-state index in [1.807, 2.05) is 13.8 Å². The molecule has 0 aromatic heterocycles. The fraction of sp³-hybridized carbons (Fsp3) is 0.438. The topological polar surface area (TPSA) is 79.8 Å². The quantitative estimate of drug-likeness (QED) is 0.802. The van der Waals surface area contributed by atoms with Crippen molar-refractivity contribution in [2.45, 2.75) is 31.9 Å². The first-order chi connectivity index (χ1) is 11.1. The van der Waals surface area contributed by atoms with E-state index in [0.717, 1.165) is 12.2 Å². The van der Waals surface area contributed by atoms with Gasteiger partial charge in [-0.1, -0.05) is 18.7 Å². The molecule has 6 nitrogen and oxygen atoms in total. The molecule has 0 bridgehead atoms. The molecular weight excluding hydrogens is 314 g/mol. The van der Waals surface area contributed by atoms with Gasteiger partial charge in [0.2, 0.25) is 11.8 Å². The summed E-state index contributed by atoms with van der Waals surface area (Å²) in [6.45, 7) is 5.21. The Hall–Kier alpha value is -2.02. The third-order valence-electron chi connectivity index (χ3n) is 3.08. The number of carbonyl (C=O) groups excluding carboxylic acids is 2. The van der Waals surface area contributed by atoms with Crippen molar-refractivity contribution in [3.63, 3.8) is 0 Å². The second kappa shape index (κ2) is 8.57. The van der Waals surface area contributed by atoms with Crippen LogP contribution in [0.15, 0.2) is 29.3 Å². The summed E-state index contributed by atoms with van der Waals surface area (Å²) in [6, 6.07) is 7.15. The van der Waals surface area contributed by atoms with Gasteiger partial charge in [0.1, 0.15) is 11.0 Å². The van der Waals surface area contributed by atoms with Crippen LogP contribution in [0.2, 0.25) is 0 Å². The van der Waals surface area contributed by atoms with Gasteiger partial charge in [-0.25, -0.2) is 0 Å². The number of amides is 2. The summed E-state index contributed by atoms with van der Waals surface area (Å²) in [5.41, 5.74) is 0.682. The lowest BCUT2D eigenvalue weighted by atomic mass is 10.2. The van der Waals surface area contributed by atoms with Crippen molar-refractivity contribution in [1.82, 2.24) is 5.32 Å². The highest BCUT2D eigenvalue weighted by Gasteiger charge is 2.31. The fourth-order valence-corrected chi connectivity index (χ4v) is 3.01. The Kier molecular flexibility index (Phi) is 6.46. The van der Waals surface area contributed by atoms with Crippen LogP contribution in [-0.2, 0) is 9.59 Å². The highest BCUT2D eigenvalue weighted by atomic mass is 32.2. The molecule has 1 aromatic carbocycles. The van der Waals surface area contributed by atoms with Crippen molar-refractivity contribution in [3.05, 3.63) is 24.3 Å². The van der Waals surface area contributed by atoms with Crippen LogP contribution in [0.25, 0.3) is 0 Å². The van der Waals surface area contributed by atoms with Gasteiger partial charge >= 0.3 is 0 Å². The maximum atomic E-state index is 12.1. The van der Waals surface area contributed by atoms with Crippen LogP contribution >= 0.6 is 11.8 Å². The zero-order chi connectivity index (χ0) is 16.7. The summed E-state index contributed by atoms with van der Waals surface area (Å²) in [6.07, 6.45) is 1.04. The molecular formula is C16H21N3O3S. The number of rotatable bonds is 7. The summed E-state index contributed by atoms with van der Waals surface area (Å²) in [5.74, 6) is 0.401. The molecule has 1 saturated heterocycles. The van der Waals surface area contributed by atoms with E-state index < -0.39 is 5.25 Å². The third-order valence-corrected chi connectivity index (χ3v) is 4.20. The van der Waals surface area contributed by atoms with E-state index >= 15 is 0 Å². The lowest BCUT2D eigenvalue weighted by molar-refractivity contribution is -0.122. The number of ether oxygens (including phenoxy) is 1. The van der Waals surface area contributed by atoms with Crippen LogP contribution in [0.4, 0.5) is 5.69 Å². The summed E-state index contributed by atoms with van der Waals surface area (Å²) >= 11 is 1.32. The Labute approximate surface area is 140 Å². The first-order valence-corrected chi connectivity index (χ1v) is 8.55. The fourth-order valence-electron chi connectivity index (χ4n) is 2.01. The molecule has 0 aliphatic carbocycles. The van der Waals surface area contributed by atoms with Gasteiger partial charge in [-0.3, -0.25) is 14.6 Å². The largest absolute Gasteiger partial charge is 0.494 e. The van der Waals surface area contributed by atoms with Gasteiger partial charge in [-0.05, 0) is 37.6 Å². The number of thioether (sulfide) groups is 1. The van der Waals surface area contributed by atoms with Crippen molar-refractivity contribution >= 4 is 34.4 Å². The van der Waals surface area contributed by atoms with Gasteiger partial charge < -0.3 is 15.4 Å². The van der Waals surface area contributed by atoms with Crippen molar-refractivity contribution in [2.24, 2.45) is 4.99 Å². The zero-order valence-corrected chi connectivity index (χ0v) is 14.1. The Bertz CT molecular complexity index is 587. The summed E-state index contributed by atoms with van der Waals surface area (Å²) in [7, 11) is 0. The van der Waals surface area contributed by atoms with Crippen LogP contribution in [0.5, 0.6) is 5.75 Å². The van der Waals surface area contributed by atoms with Crippen LogP contribution in [0.1, 0.15) is 26.7 Å². The third kappa shape index (κ3) is 5.28. The number of benzene rings is 1. The summed E-state index contributed by atoms with van der Waals surface area (Å²) in [5, 5.41) is 5.68. The molecule has 23 heavy (non-hydrogen) atoms. The van der Waals surface area contributed by atoms with E-state index in [-0.39, 0.29) is 18.2 Å². The Morgan fingerprint density at radius 2 is 2.09 bits per heavy atom. The molecule has 0 radical (unpaired) electrons. The number of nitrogens with one attached hydrogen (secondary N) is 2. The molecule has 1 atom stereocenters. The van der Waals surface area contributed by atoms with Crippen molar-refractivity contribution in [1.29, 1.82) is 0 Å². The molecule has 0 unspecified atom stereocenters. The maximum absolute atomic E-state index is 12.1. The smallest absolute Gasteiger partial charge is 0.240 e. The van der Waals surface area contributed by atoms with Crippen LogP contribution in [-0.4, -0.2) is 35.4 Å². The highest BCUT2D eigenvalue weighted by Crippen LogP contribution is 2.23. The molecule has 2 N–H and O–H groups in total. The molecule has 0 spiro atoms. The predicted molar refractivity (Wildman–Crippen MR) is 93.0 cm³/mol. The van der Waals surface area contributed by atoms with Gasteiger partial charge in [0.05, 0.1) is 6.61 Å². The number of hydrogen-bond donors (Lipinski definition) is 2. The lowest BCUT2D eigenvalue weighted by Gasteiger charge is -2.08. The SMILES string of the molecule is CCCN=C1NC(=O)[C@H](CC(=O)Nc2ccc(OCC)cc2)S1. The molecule has 7 heteroatoms. The van der Waals surface area contributed by atoms with Crippen LogP contribution in [0, 0.1) is 0 Å². The molecule has 1 fully saturated rings. The standard InChI is InChI=1S/C16H21N3O3S/c1-3-9-17-16-19-15(21)13(23-16)10-14(20)18-11-5-7-12(8-6-11)22-4-2/h5-8,13H,3-4,9-10H2,1-2H3,(H,18,20)(H,17,19,21)/t13-/m0/s1. The average Bonchev–Trinajstić information content (AvgIpc) is 2.87. The molecule has 1 aromatic rings. The van der Waals surface area contributed by atoms with Crippen LogP contribution < -0.4 is 15.4 Å². The predicted octanol–water partition coefficient (Wildman–Crippen LogP) is 2.41. The van der Waals surface area contributed by atoms with Crippen molar-refractivity contribution in [3.8, 4) is 5.75 Å². The Morgan fingerprint density at radius 3 is 2.74 bits per heavy atom. The molecule has 1 heterocycles. The summed E-state index contributed by atoms with van der Waals surface area (Å²) in [4.78, 5) is 28.2. The molecule has 2 amide bonds.